The van der Waals surface area contributed by atoms with Crippen molar-refractivity contribution >= 4 is 28.9 Å². The minimum Gasteiger partial charge on any atom is -0.459 e. The van der Waals surface area contributed by atoms with Crippen LogP contribution in [0.4, 0.5) is 4.39 Å². The van der Waals surface area contributed by atoms with E-state index in [9.17, 15) is 14.0 Å². The summed E-state index contributed by atoms with van der Waals surface area (Å²) in [6, 6.07) is 12.7. The molecule has 2 aromatic heterocycles. The van der Waals surface area contributed by atoms with Gasteiger partial charge in [-0.2, -0.15) is 5.10 Å². The molecule has 1 aliphatic rings. The van der Waals surface area contributed by atoms with E-state index in [-0.39, 0.29) is 36.0 Å². The molecule has 1 atom stereocenters. The first kappa shape index (κ1) is 19.1. The van der Waals surface area contributed by atoms with E-state index in [1.54, 1.807) is 35.6 Å². The van der Waals surface area contributed by atoms with Crippen LogP contribution in [0, 0.1) is 5.82 Å². The maximum absolute atomic E-state index is 13.4. The second-order valence-corrected chi connectivity index (χ2v) is 7.62. The van der Waals surface area contributed by atoms with Crippen molar-refractivity contribution < 1.29 is 18.4 Å². The van der Waals surface area contributed by atoms with Crippen molar-refractivity contribution in [1.29, 1.82) is 0 Å². The molecule has 2 amide bonds. The van der Waals surface area contributed by atoms with Crippen molar-refractivity contribution in [2.75, 3.05) is 13.6 Å². The molecule has 1 aliphatic heterocycles. The normalized spacial score (nSPS) is 16.0. The average molecular weight is 411 g/mol. The van der Waals surface area contributed by atoms with Gasteiger partial charge in [0.1, 0.15) is 12.4 Å². The summed E-state index contributed by atoms with van der Waals surface area (Å²) in [6.07, 6.45) is 1.93. The predicted octanol–water partition coefficient (Wildman–Crippen LogP) is 3.93. The molecular weight excluding hydrogens is 393 g/mol. The molecule has 0 bridgehead atoms. The highest BCUT2D eigenvalue weighted by Crippen LogP contribution is 2.34. The van der Waals surface area contributed by atoms with Crippen LogP contribution in [0.15, 0.2) is 69.7 Å². The molecule has 3 aromatic rings. The number of halogens is 1. The lowest BCUT2D eigenvalue weighted by atomic mass is 10.0. The van der Waals surface area contributed by atoms with E-state index >= 15 is 0 Å². The Morgan fingerprint density at radius 3 is 2.69 bits per heavy atom. The van der Waals surface area contributed by atoms with Crippen LogP contribution in [-0.4, -0.2) is 41.0 Å². The van der Waals surface area contributed by atoms with Crippen LogP contribution in [0.2, 0.25) is 0 Å². The number of carbonyl (C=O) groups is 2. The van der Waals surface area contributed by atoms with E-state index < -0.39 is 0 Å². The molecule has 0 fully saturated rings. The Kier molecular flexibility index (Phi) is 5.26. The number of benzene rings is 1. The van der Waals surface area contributed by atoms with Crippen molar-refractivity contribution in [3.05, 3.63) is 82.2 Å². The highest BCUT2D eigenvalue weighted by Gasteiger charge is 2.34. The van der Waals surface area contributed by atoms with Crippen LogP contribution in [0.1, 0.15) is 33.5 Å². The number of hydrogen-bond donors (Lipinski definition) is 0. The number of amides is 2. The lowest BCUT2D eigenvalue weighted by Crippen LogP contribution is -2.39. The van der Waals surface area contributed by atoms with Gasteiger partial charge in [0.25, 0.3) is 11.8 Å². The zero-order chi connectivity index (χ0) is 20.4. The van der Waals surface area contributed by atoms with Crippen LogP contribution >= 0.6 is 11.3 Å². The molecule has 0 saturated carbocycles. The molecule has 6 nitrogen and oxygen atoms in total. The predicted molar refractivity (Wildman–Crippen MR) is 107 cm³/mol. The first-order valence-corrected chi connectivity index (χ1v) is 9.89. The van der Waals surface area contributed by atoms with Crippen LogP contribution in [0.25, 0.3) is 0 Å². The molecule has 4 rings (SSSR count). The number of thiophene rings is 1. The van der Waals surface area contributed by atoms with Gasteiger partial charge in [-0.05, 0) is 41.3 Å². The summed E-state index contributed by atoms with van der Waals surface area (Å²) in [5, 5.41) is 7.89. The topological polar surface area (TPSA) is 66.1 Å². The molecular formula is C21H18FN3O3S. The number of likely N-dealkylation sites (N-methyl/N-ethyl adjacent to an activating group) is 1. The summed E-state index contributed by atoms with van der Waals surface area (Å²) in [6.45, 7) is -0.154. The molecule has 0 N–H and O–H groups in total. The van der Waals surface area contributed by atoms with Crippen molar-refractivity contribution in [3.63, 3.8) is 0 Å². The lowest BCUT2D eigenvalue weighted by Gasteiger charge is -2.24. The second-order valence-electron chi connectivity index (χ2n) is 6.67. The fourth-order valence-corrected chi connectivity index (χ4v) is 3.93. The average Bonchev–Trinajstić information content (AvgIpc) is 3.48. The first-order chi connectivity index (χ1) is 14.0. The molecule has 0 spiro atoms. The SMILES string of the molecule is CN(CC(=O)N1N=C(c2cccs2)C[C@H]1c1ccc(F)cc1)C(=O)c1ccco1. The second kappa shape index (κ2) is 8.00. The Morgan fingerprint density at radius 2 is 2.03 bits per heavy atom. The molecule has 29 heavy (non-hydrogen) atoms. The van der Waals surface area contributed by atoms with E-state index in [4.69, 9.17) is 4.42 Å². The minimum atomic E-state index is -0.386. The monoisotopic (exact) mass is 411 g/mol. The molecule has 0 saturated heterocycles. The largest absolute Gasteiger partial charge is 0.459 e. The quantitative estimate of drug-likeness (QED) is 0.639. The zero-order valence-corrected chi connectivity index (χ0v) is 16.4. The molecule has 0 aliphatic carbocycles. The van der Waals surface area contributed by atoms with E-state index in [0.29, 0.717) is 6.42 Å². The Balaban J connectivity index is 1.57. The zero-order valence-electron chi connectivity index (χ0n) is 15.6. The minimum absolute atomic E-state index is 0.154. The Morgan fingerprint density at radius 1 is 1.24 bits per heavy atom. The third-order valence-electron chi connectivity index (χ3n) is 4.68. The Bertz CT molecular complexity index is 1030. The third-order valence-corrected chi connectivity index (χ3v) is 5.60. The Hall–Kier alpha value is -3.26. The smallest absolute Gasteiger partial charge is 0.289 e. The Labute approximate surface area is 170 Å². The lowest BCUT2D eigenvalue weighted by molar-refractivity contribution is -0.133. The summed E-state index contributed by atoms with van der Waals surface area (Å²) in [7, 11) is 1.54. The summed E-state index contributed by atoms with van der Waals surface area (Å²) < 4.78 is 18.5. The fraction of sp³-hybridized carbons (Fsp3) is 0.190. The maximum atomic E-state index is 13.4. The highest BCUT2D eigenvalue weighted by molar-refractivity contribution is 7.12. The standard InChI is InChI=1S/C21H18FN3O3S/c1-24(21(27)18-4-2-10-28-18)13-20(26)25-17(14-6-8-15(22)9-7-14)12-16(23-25)19-5-3-11-29-19/h2-11,17H,12-13H2,1H3/t17-/m0/s1. The molecule has 148 valence electrons. The molecule has 0 radical (unpaired) electrons. The van der Waals surface area contributed by atoms with Crippen molar-refractivity contribution in [2.45, 2.75) is 12.5 Å². The van der Waals surface area contributed by atoms with E-state index in [2.05, 4.69) is 5.10 Å². The number of furan rings is 1. The van der Waals surface area contributed by atoms with E-state index in [1.165, 1.54) is 35.4 Å². The van der Waals surface area contributed by atoms with Crippen LogP contribution in [-0.2, 0) is 4.79 Å². The van der Waals surface area contributed by atoms with Crippen LogP contribution in [0.3, 0.4) is 0 Å². The van der Waals surface area contributed by atoms with Gasteiger partial charge >= 0.3 is 0 Å². The fourth-order valence-electron chi connectivity index (χ4n) is 3.21. The van der Waals surface area contributed by atoms with Gasteiger partial charge in [-0.25, -0.2) is 9.40 Å². The maximum Gasteiger partial charge on any atom is 0.289 e. The molecule has 1 aromatic carbocycles. The number of carbonyl (C=O) groups excluding carboxylic acids is 2. The van der Waals surface area contributed by atoms with Crippen LogP contribution in [0.5, 0.6) is 0 Å². The summed E-state index contributed by atoms with van der Waals surface area (Å²) in [4.78, 5) is 27.7. The van der Waals surface area contributed by atoms with Gasteiger partial charge in [0.05, 0.1) is 22.9 Å². The molecule has 3 heterocycles. The van der Waals surface area contributed by atoms with Gasteiger partial charge in [-0.1, -0.05) is 18.2 Å². The molecule has 8 heteroatoms. The number of hydrazone groups is 1. The number of nitrogens with zero attached hydrogens (tertiary/aromatic N) is 3. The number of rotatable bonds is 5. The van der Waals surface area contributed by atoms with E-state index in [0.717, 1.165) is 16.2 Å². The van der Waals surface area contributed by atoms with Gasteiger partial charge in [0.2, 0.25) is 0 Å². The van der Waals surface area contributed by atoms with Gasteiger partial charge in [0.15, 0.2) is 5.76 Å². The van der Waals surface area contributed by atoms with Crippen molar-refractivity contribution in [1.82, 2.24) is 9.91 Å². The van der Waals surface area contributed by atoms with Crippen molar-refractivity contribution in [2.24, 2.45) is 5.10 Å². The van der Waals surface area contributed by atoms with Crippen molar-refractivity contribution in [3.8, 4) is 0 Å². The summed E-state index contributed by atoms with van der Waals surface area (Å²) in [5.41, 5.74) is 1.58. The number of hydrogen-bond acceptors (Lipinski definition) is 5. The summed E-state index contributed by atoms with van der Waals surface area (Å²) >= 11 is 1.54. The van der Waals surface area contributed by atoms with Gasteiger partial charge in [-0.3, -0.25) is 9.59 Å². The van der Waals surface area contributed by atoms with Gasteiger partial charge < -0.3 is 9.32 Å². The summed E-state index contributed by atoms with van der Waals surface area (Å²) in [5.74, 6) is -0.885. The van der Waals surface area contributed by atoms with E-state index in [1.807, 2.05) is 17.5 Å². The van der Waals surface area contributed by atoms with Gasteiger partial charge in [0, 0.05) is 13.5 Å². The van der Waals surface area contributed by atoms with Gasteiger partial charge in [-0.15, -0.1) is 11.3 Å². The first-order valence-electron chi connectivity index (χ1n) is 9.01. The molecule has 0 unspecified atom stereocenters. The highest BCUT2D eigenvalue weighted by atomic mass is 32.1. The van der Waals surface area contributed by atoms with Crippen LogP contribution < -0.4 is 0 Å². The third kappa shape index (κ3) is 3.97.